The smallest absolute Gasteiger partial charge is 0.0781 e. The van der Waals surface area contributed by atoms with Crippen LogP contribution in [-0.2, 0) is 0 Å². The summed E-state index contributed by atoms with van der Waals surface area (Å²) in [6.07, 6.45) is 0. The number of nitrogens with one attached hydrogen (secondary N) is 1. The van der Waals surface area contributed by atoms with Gasteiger partial charge in [-0.25, -0.2) is 0 Å². The van der Waals surface area contributed by atoms with E-state index in [0.29, 0.717) is 0 Å². The molecule has 3 rings (SSSR count). The van der Waals surface area contributed by atoms with E-state index >= 15 is 0 Å². The lowest BCUT2D eigenvalue weighted by atomic mass is 10.1. The summed E-state index contributed by atoms with van der Waals surface area (Å²) in [5, 5.41) is 2.37. The van der Waals surface area contributed by atoms with Crippen LogP contribution in [0.4, 0.5) is 0 Å². The molecule has 0 unspecified atom stereocenters. The second kappa shape index (κ2) is 5.64. The molecule has 0 saturated carbocycles. The lowest BCUT2D eigenvalue weighted by Gasteiger charge is -2.08. The van der Waals surface area contributed by atoms with Gasteiger partial charge in [0.2, 0.25) is 0 Å². The van der Waals surface area contributed by atoms with E-state index in [1.54, 1.807) is 11.8 Å². The van der Waals surface area contributed by atoms with Crippen LogP contribution in [0, 0.1) is 0 Å². The fourth-order valence-corrected chi connectivity index (χ4v) is 3.62. The second-order valence-corrected chi connectivity index (χ2v) is 6.74. The molecule has 0 saturated heterocycles. The minimum Gasteiger partial charge on any atom is -0.349 e. The van der Waals surface area contributed by atoms with Crippen molar-refractivity contribution >= 4 is 38.6 Å². The maximum absolute atomic E-state index is 5.90. The Hall–Kier alpha value is -1.23. The zero-order valence-electron chi connectivity index (χ0n) is 11.1. The number of hydrogen-bond donors (Lipinski definition) is 2. The van der Waals surface area contributed by atoms with Crippen molar-refractivity contribution in [2.75, 3.05) is 0 Å². The molecule has 1 atom stereocenters. The SMILES string of the molecule is C[C@H](N)c1ccc(Sc2cc3ccccc3[nH]2)c(Br)c1. The Kier molecular flexibility index (Phi) is 3.87. The predicted octanol–water partition coefficient (Wildman–Crippen LogP) is 5.10. The maximum atomic E-state index is 5.90. The third kappa shape index (κ3) is 2.77. The van der Waals surface area contributed by atoms with E-state index in [2.05, 4.69) is 63.4 Å². The average Bonchev–Trinajstić information content (AvgIpc) is 2.83. The lowest BCUT2D eigenvalue weighted by Crippen LogP contribution is -2.04. The highest BCUT2D eigenvalue weighted by Gasteiger charge is 2.08. The van der Waals surface area contributed by atoms with Crippen molar-refractivity contribution < 1.29 is 0 Å². The van der Waals surface area contributed by atoms with Crippen molar-refractivity contribution in [3.05, 3.63) is 58.6 Å². The zero-order chi connectivity index (χ0) is 14.1. The summed E-state index contributed by atoms with van der Waals surface area (Å²) in [4.78, 5) is 4.61. The summed E-state index contributed by atoms with van der Waals surface area (Å²) in [5.41, 5.74) is 8.20. The number of H-pyrrole nitrogens is 1. The number of nitrogens with two attached hydrogens (primary N) is 1. The van der Waals surface area contributed by atoms with Gasteiger partial charge in [-0.05, 0) is 52.7 Å². The van der Waals surface area contributed by atoms with E-state index < -0.39 is 0 Å². The van der Waals surface area contributed by atoms with Crippen LogP contribution in [0.25, 0.3) is 10.9 Å². The standard InChI is InChI=1S/C16H15BrN2S/c1-10(18)11-6-7-15(13(17)8-11)20-16-9-12-4-2-3-5-14(12)19-16/h2-10,19H,18H2,1H3/t10-/m0/s1. The average molecular weight is 347 g/mol. The lowest BCUT2D eigenvalue weighted by molar-refractivity contribution is 0.815. The first-order valence-electron chi connectivity index (χ1n) is 6.44. The molecule has 0 spiro atoms. The van der Waals surface area contributed by atoms with E-state index in [4.69, 9.17) is 5.73 Å². The Morgan fingerprint density at radius 2 is 1.95 bits per heavy atom. The van der Waals surface area contributed by atoms with Gasteiger partial charge in [0, 0.05) is 26.3 Å². The van der Waals surface area contributed by atoms with Crippen LogP contribution in [0.15, 0.2) is 62.9 Å². The predicted molar refractivity (Wildman–Crippen MR) is 89.2 cm³/mol. The van der Waals surface area contributed by atoms with Gasteiger partial charge in [-0.15, -0.1) is 0 Å². The molecule has 0 radical (unpaired) electrons. The minimum absolute atomic E-state index is 0.0541. The molecule has 1 aromatic heterocycles. The zero-order valence-corrected chi connectivity index (χ0v) is 13.5. The molecule has 0 aliphatic rings. The summed E-state index contributed by atoms with van der Waals surface area (Å²) in [6, 6.07) is 16.8. The highest BCUT2D eigenvalue weighted by Crippen LogP contribution is 2.35. The summed E-state index contributed by atoms with van der Waals surface area (Å²) < 4.78 is 1.08. The van der Waals surface area contributed by atoms with Gasteiger partial charge in [0.1, 0.15) is 0 Å². The summed E-state index contributed by atoms with van der Waals surface area (Å²) in [7, 11) is 0. The van der Waals surface area contributed by atoms with Crippen LogP contribution in [0.5, 0.6) is 0 Å². The largest absolute Gasteiger partial charge is 0.349 e. The number of rotatable bonds is 3. The Morgan fingerprint density at radius 3 is 2.65 bits per heavy atom. The maximum Gasteiger partial charge on any atom is 0.0781 e. The molecule has 3 aromatic rings. The minimum atomic E-state index is 0.0541. The van der Waals surface area contributed by atoms with Crippen LogP contribution in [0.1, 0.15) is 18.5 Å². The molecule has 0 aliphatic heterocycles. The van der Waals surface area contributed by atoms with Crippen molar-refractivity contribution in [1.82, 2.24) is 4.98 Å². The highest BCUT2D eigenvalue weighted by atomic mass is 79.9. The first-order valence-corrected chi connectivity index (χ1v) is 8.05. The Morgan fingerprint density at radius 1 is 1.15 bits per heavy atom. The second-order valence-electron chi connectivity index (χ2n) is 4.80. The van der Waals surface area contributed by atoms with Gasteiger partial charge < -0.3 is 10.7 Å². The quantitative estimate of drug-likeness (QED) is 0.692. The molecule has 2 nitrogen and oxygen atoms in total. The highest BCUT2D eigenvalue weighted by molar-refractivity contribution is 9.10. The van der Waals surface area contributed by atoms with Gasteiger partial charge in [0.05, 0.1) is 5.03 Å². The molecular weight excluding hydrogens is 332 g/mol. The van der Waals surface area contributed by atoms with Gasteiger partial charge in [0.15, 0.2) is 0 Å². The summed E-state index contributed by atoms with van der Waals surface area (Å²) in [5.74, 6) is 0. The number of aromatic nitrogens is 1. The molecule has 3 N–H and O–H groups in total. The van der Waals surface area contributed by atoms with Crippen LogP contribution in [0.3, 0.4) is 0 Å². The van der Waals surface area contributed by atoms with E-state index in [1.165, 1.54) is 15.8 Å². The van der Waals surface area contributed by atoms with Crippen LogP contribution in [0.2, 0.25) is 0 Å². The number of benzene rings is 2. The topological polar surface area (TPSA) is 41.8 Å². The van der Waals surface area contributed by atoms with Crippen LogP contribution < -0.4 is 5.73 Å². The van der Waals surface area contributed by atoms with E-state index in [1.807, 2.05) is 13.0 Å². The first-order chi connectivity index (χ1) is 9.63. The number of hydrogen-bond acceptors (Lipinski definition) is 2. The van der Waals surface area contributed by atoms with E-state index in [0.717, 1.165) is 15.1 Å². The van der Waals surface area contributed by atoms with Crippen molar-refractivity contribution in [3.63, 3.8) is 0 Å². The Balaban J connectivity index is 1.90. The molecule has 0 amide bonds. The molecule has 1 heterocycles. The molecule has 2 aromatic carbocycles. The molecule has 0 aliphatic carbocycles. The molecule has 0 bridgehead atoms. The fourth-order valence-electron chi connectivity index (χ4n) is 2.10. The number of para-hydroxylation sites is 1. The molecular formula is C16H15BrN2S. The molecule has 0 fully saturated rings. The Labute approximate surface area is 130 Å². The fraction of sp³-hybridized carbons (Fsp3) is 0.125. The monoisotopic (exact) mass is 346 g/mol. The van der Waals surface area contributed by atoms with Crippen molar-refractivity contribution in [2.24, 2.45) is 5.73 Å². The molecule has 102 valence electrons. The number of halogens is 1. The third-order valence-corrected chi connectivity index (χ3v) is 5.14. The van der Waals surface area contributed by atoms with Gasteiger partial charge in [-0.2, -0.15) is 0 Å². The summed E-state index contributed by atoms with van der Waals surface area (Å²) in [6.45, 7) is 1.99. The van der Waals surface area contributed by atoms with Gasteiger partial charge >= 0.3 is 0 Å². The van der Waals surface area contributed by atoms with Gasteiger partial charge in [-0.3, -0.25) is 0 Å². The normalized spacial score (nSPS) is 12.8. The van der Waals surface area contributed by atoms with E-state index in [9.17, 15) is 0 Å². The van der Waals surface area contributed by atoms with Crippen LogP contribution in [-0.4, -0.2) is 4.98 Å². The molecule has 4 heteroatoms. The number of aromatic amines is 1. The van der Waals surface area contributed by atoms with Gasteiger partial charge in [0.25, 0.3) is 0 Å². The van der Waals surface area contributed by atoms with Crippen LogP contribution >= 0.6 is 27.7 Å². The van der Waals surface area contributed by atoms with Crippen molar-refractivity contribution in [1.29, 1.82) is 0 Å². The molecule has 20 heavy (non-hydrogen) atoms. The number of fused-ring (bicyclic) bond motifs is 1. The van der Waals surface area contributed by atoms with E-state index in [-0.39, 0.29) is 6.04 Å². The van der Waals surface area contributed by atoms with Crippen molar-refractivity contribution in [3.8, 4) is 0 Å². The Bertz CT molecular complexity index is 716. The van der Waals surface area contributed by atoms with Crippen molar-refractivity contribution in [2.45, 2.75) is 22.9 Å². The third-order valence-electron chi connectivity index (χ3n) is 3.21. The first kappa shape index (κ1) is 13.7. The summed E-state index contributed by atoms with van der Waals surface area (Å²) >= 11 is 5.34. The van der Waals surface area contributed by atoms with Gasteiger partial charge in [-0.1, -0.05) is 36.0 Å².